The highest BCUT2D eigenvalue weighted by Crippen LogP contribution is 2.41. The second-order valence-corrected chi connectivity index (χ2v) is 11.5. The van der Waals surface area contributed by atoms with Crippen molar-refractivity contribution < 1.29 is 29.0 Å². The molecule has 0 radical (unpaired) electrons. The maximum absolute atomic E-state index is 14.1. The van der Waals surface area contributed by atoms with Crippen molar-refractivity contribution in [2.75, 3.05) is 32.4 Å². The van der Waals surface area contributed by atoms with Gasteiger partial charge in [0.2, 0.25) is 17.6 Å². The van der Waals surface area contributed by atoms with Gasteiger partial charge in [0.25, 0.3) is 5.91 Å². The number of amidine groups is 1. The van der Waals surface area contributed by atoms with Crippen LogP contribution in [0.15, 0.2) is 52.4 Å². The number of hydrogen-bond acceptors (Lipinski definition) is 10. The summed E-state index contributed by atoms with van der Waals surface area (Å²) in [5.74, 6) is -0.968. The maximum Gasteiger partial charge on any atom is 0.267 e. The van der Waals surface area contributed by atoms with Crippen LogP contribution >= 0.6 is 23.5 Å². The van der Waals surface area contributed by atoms with Gasteiger partial charge in [0, 0.05) is 12.3 Å². The molecule has 1 unspecified atom stereocenters. The van der Waals surface area contributed by atoms with E-state index in [2.05, 4.69) is 5.32 Å². The molecule has 0 bridgehead atoms. The maximum atomic E-state index is 14.1. The molecular formula is C28H33N7O6S2. The summed E-state index contributed by atoms with van der Waals surface area (Å²) >= 11 is 2.50. The number of aliphatic imine (C=N–C) groups is 1. The number of thioether (sulfide) groups is 2. The van der Waals surface area contributed by atoms with Crippen LogP contribution in [0.3, 0.4) is 0 Å². The number of guanidine groups is 1. The average Bonchev–Trinajstić information content (AvgIpc) is 3.59. The molecule has 228 valence electrons. The number of rotatable bonds is 11. The number of benzene rings is 2. The fourth-order valence-electron chi connectivity index (χ4n) is 4.57. The molecule has 3 amide bonds. The molecule has 0 spiro atoms. The van der Waals surface area contributed by atoms with Crippen molar-refractivity contribution in [1.29, 1.82) is 5.41 Å². The molecule has 4 rings (SSSR count). The van der Waals surface area contributed by atoms with Gasteiger partial charge in [-0.15, -0.1) is 11.8 Å². The molecule has 0 aliphatic carbocycles. The van der Waals surface area contributed by atoms with Crippen molar-refractivity contribution in [2.45, 2.75) is 24.9 Å². The van der Waals surface area contributed by atoms with Gasteiger partial charge in [-0.25, -0.2) is 4.99 Å². The minimum absolute atomic E-state index is 0.159. The molecule has 2 aliphatic rings. The van der Waals surface area contributed by atoms with E-state index in [0.29, 0.717) is 30.0 Å². The minimum Gasteiger partial charge on any atom is -0.502 e. The molecule has 15 heteroatoms. The zero-order chi connectivity index (χ0) is 31.1. The fraction of sp³-hybridized carbons (Fsp3) is 0.321. The number of phenolic OH excluding ortho intramolecular Hbond substituents is 1. The first-order valence-electron chi connectivity index (χ1n) is 13.2. The highest BCUT2D eigenvalue weighted by atomic mass is 32.2. The number of ether oxygens (including phenoxy) is 2. The third-order valence-corrected chi connectivity index (χ3v) is 8.67. The van der Waals surface area contributed by atoms with E-state index in [0.717, 1.165) is 11.8 Å². The monoisotopic (exact) mass is 627 g/mol. The Morgan fingerprint density at radius 3 is 2.49 bits per heavy atom. The third-order valence-electron chi connectivity index (χ3n) is 6.68. The van der Waals surface area contributed by atoms with Gasteiger partial charge in [-0.3, -0.25) is 24.7 Å². The molecule has 0 saturated carbocycles. The Morgan fingerprint density at radius 2 is 1.88 bits per heavy atom. The van der Waals surface area contributed by atoms with Crippen molar-refractivity contribution in [3.05, 3.63) is 52.9 Å². The zero-order valence-electron chi connectivity index (χ0n) is 23.6. The molecule has 2 heterocycles. The minimum atomic E-state index is -1.02. The van der Waals surface area contributed by atoms with E-state index in [1.807, 2.05) is 18.2 Å². The molecule has 13 nitrogen and oxygen atoms in total. The largest absolute Gasteiger partial charge is 0.502 e. The van der Waals surface area contributed by atoms with Crippen molar-refractivity contribution in [3.8, 4) is 17.2 Å². The van der Waals surface area contributed by atoms with E-state index in [1.165, 1.54) is 35.8 Å². The van der Waals surface area contributed by atoms with Gasteiger partial charge in [-0.05, 0) is 60.5 Å². The number of primary amides is 1. The van der Waals surface area contributed by atoms with E-state index < -0.39 is 29.8 Å². The van der Waals surface area contributed by atoms with Crippen LogP contribution in [0, 0.1) is 5.41 Å². The number of carbonyl (C=O) groups excluding carboxylic acids is 3. The Labute approximate surface area is 257 Å². The van der Waals surface area contributed by atoms with Crippen LogP contribution in [0.2, 0.25) is 0 Å². The molecule has 2 aromatic rings. The van der Waals surface area contributed by atoms with Crippen LogP contribution in [0.1, 0.15) is 18.4 Å². The zero-order valence-corrected chi connectivity index (χ0v) is 25.2. The topological polar surface area (TPSA) is 197 Å². The highest BCUT2D eigenvalue weighted by molar-refractivity contribution is 8.18. The predicted octanol–water partition coefficient (Wildman–Crippen LogP) is 2.03. The van der Waals surface area contributed by atoms with E-state index in [9.17, 15) is 19.5 Å². The summed E-state index contributed by atoms with van der Waals surface area (Å²) in [6.45, 7) is 0.295. The van der Waals surface area contributed by atoms with Gasteiger partial charge in [-0.1, -0.05) is 18.2 Å². The van der Waals surface area contributed by atoms with E-state index in [4.69, 9.17) is 31.3 Å². The number of amides is 3. The second kappa shape index (κ2) is 14.2. The predicted molar refractivity (Wildman–Crippen MR) is 167 cm³/mol. The van der Waals surface area contributed by atoms with E-state index in [1.54, 1.807) is 30.3 Å². The number of hydrogen-bond donors (Lipinski definition) is 5. The normalized spacial score (nSPS) is 19.1. The number of carbonyl (C=O) groups is 3. The Morgan fingerprint density at radius 1 is 1.21 bits per heavy atom. The molecule has 2 fully saturated rings. The van der Waals surface area contributed by atoms with Crippen molar-refractivity contribution in [2.24, 2.45) is 16.5 Å². The van der Waals surface area contributed by atoms with Crippen LogP contribution in [0.25, 0.3) is 6.08 Å². The summed E-state index contributed by atoms with van der Waals surface area (Å²) in [5, 5.41) is 20.8. The van der Waals surface area contributed by atoms with Crippen molar-refractivity contribution in [1.82, 2.24) is 15.1 Å². The van der Waals surface area contributed by atoms with Crippen LogP contribution < -0.4 is 26.3 Å². The number of methoxy groups -OCH3 is 2. The lowest BCUT2D eigenvalue weighted by molar-refractivity contribution is -0.143. The fourth-order valence-corrected chi connectivity index (χ4v) is 6.78. The van der Waals surface area contributed by atoms with Crippen LogP contribution in [-0.2, 0) is 14.4 Å². The molecule has 7 N–H and O–H groups in total. The summed E-state index contributed by atoms with van der Waals surface area (Å²) in [6.07, 6.45) is 2.19. The standard InChI is InChI=1S/C28H33N7O6S2/c1-40-20-11-16(12-21(41-2)23(20)36)13-22-26(39)35(28(43-22)33-17-7-4-3-5-8-17)18(9-6-10-32-27(30)31)25(38)34-15-42-14-19(34)24(29)37/h3-5,7-8,11-13,18-19,36H,6,9-10,14-15H2,1-2H3,(H2,29,37)(H4,30,31,32)/b22-13-,33-28-/t18?,19-/m0/s1. The first kappa shape index (κ1) is 31.6. The third kappa shape index (κ3) is 7.35. The molecule has 2 aliphatic heterocycles. The summed E-state index contributed by atoms with van der Waals surface area (Å²) in [5.41, 5.74) is 12.1. The van der Waals surface area contributed by atoms with Crippen molar-refractivity contribution >= 4 is 64.1 Å². The Kier molecular flexibility index (Phi) is 10.4. The van der Waals surface area contributed by atoms with Gasteiger partial charge in [0.05, 0.1) is 30.7 Å². The lowest BCUT2D eigenvalue weighted by Crippen LogP contribution is -2.54. The quantitative estimate of drug-likeness (QED) is 0.106. The summed E-state index contributed by atoms with van der Waals surface area (Å²) in [7, 11) is 2.81. The number of nitrogens with zero attached hydrogens (tertiary/aromatic N) is 3. The molecule has 0 aromatic heterocycles. The SMILES string of the molecule is COc1cc(/C=C2\S/C(=N\c3ccccc3)N(C(CCCNC(=N)N)C(=O)N3CSC[C@H]3C(N)=O)C2=O)cc(OC)c1O. The number of para-hydroxylation sites is 1. The Balaban J connectivity index is 1.78. The van der Waals surface area contributed by atoms with Gasteiger partial charge >= 0.3 is 0 Å². The number of nitrogens with two attached hydrogens (primary N) is 2. The first-order valence-corrected chi connectivity index (χ1v) is 15.2. The van der Waals surface area contributed by atoms with Gasteiger partial charge < -0.3 is 36.3 Å². The highest BCUT2D eigenvalue weighted by Gasteiger charge is 2.45. The summed E-state index contributed by atoms with van der Waals surface area (Å²) in [4.78, 5) is 48.1. The molecule has 2 atom stereocenters. The average molecular weight is 628 g/mol. The smallest absolute Gasteiger partial charge is 0.267 e. The van der Waals surface area contributed by atoms with Gasteiger partial charge in [0.1, 0.15) is 12.1 Å². The molecular weight excluding hydrogens is 594 g/mol. The number of aromatic hydroxyl groups is 1. The lowest BCUT2D eigenvalue weighted by atomic mass is 10.1. The lowest BCUT2D eigenvalue weighted by Gasteiger charge is -2.31. The van der Waals surface area contributed by atoms with Gasteiger partial charge in [-0.2, -0.15) is 0 Å². The van der Waals surface area contributed by atoms with Gasteiger partial charge in [0.15, 0.2) is 22.6 Å². The number of phenols is 1. The second-order valence-electron chi connectivity index (χ2n) is 9.51. The van der Waals surface area contributed by atoms with Crippen LogP contribution in [-0.4, -0.2) is 88.2 Å². The Hall–Kier alpha value is -4.37. The molecule has 2 aromatic carbocycles. The summed E-state index contributed by atoms with van der Waals surface area (Å²) in [6, 6.07) is 10.3. The van der Waals surface area contributed by atoms with Crippen molar-refractivity contribution in [3.63, 3.8) is 0 Å². The molecule has 2 saturated heterocycles. The van der Waals surface area contributed by atoms with Crippen LogP contribution in [0.4, 0.5) is 5.69 Å². The first-order chi connectivity index (χ1) is 20.6. The summed E-state index contributed by atoms with van der Waals surface area (Å²) < 4.78 is 10.5. The number of nitrogens with one attached hydrogen (secondary N) is 2. The Bertz CT molecular complexity index is 1430. The van der Waals surface area contributed by atoms with E-state index >= 15 is 0 Å². The van der Waals surface area contributed by atoms with E-state index in [-0.39, 0.29) is 45.6 Å². The molecule has 43 heavy (non-hydrogen) atoms. The van der Waals surface area contributed by atoms with Crippen LogP contribution in [0.5, 0.6) is 17.2 Å².